The molecule has 0 saturated carbocycles. The highest BCUT2D eigenvalue weighted by molar-refractivity contribution is 7.15. The van der Waals surface area contributed by atoms with Crippen LogP contribution in [0.25, 0.3) is 0 Å². The molecular formula is C25H28FN5O2S. The monoisotopic (exact) mass is 481 g/mol. The number of rotatable bonds is 7. The van der Waals surface area contributed by atoms with Crippen molar-refractivity contribution in [3.05, 3.63) is 82.4 Å². The van der Waals surface area contributed by atoms with Gasteiger partial charge >= 0.3 is 0 Å². The molecule has 1 aliphatic rings. The molecule has 9 heteroatoms. The van der Waals surface area contributed by atoms with Crippen LogP contribution in [0.2, 0.25) is 0 Å². The highest BCUT2D eigenvalue weighted by Gasteiger charge is 2.40. The number of nitrogens with one attached hydrogen (secondary N) is 1. The fourth-order valence-electron chi connectivity index (χ4n) is 4.20. The summed E-state index contributed by atoms with van der Waals surface area (Å²) in [6.07, 6.45) is 0.277. The van der Waals surface area contributed by atoms with Crippen molar-refractivity contribution >= 4 is 28.3 Å². The molecule has 1 unspecified atom stereocenters. The van der Waals surface area contributed by atoms with Crippen LogP contribution in [-0.2, 0) is 16.0 Å². The van der Waals surface area contributed by atoms with Crippen LogP contribution in [0.1, 0.15) is 47.0 Å². The molecule has 3 aromatic rings. The molecule has 2 aromatic carbocycles. The number of nitrogen functional groups attached to an aromatic ring is 1. The first kappa shape index (κ1) is 23.8. The van der Waals surface area contributed by atoms with Gasteiger partial charge in [-0.1, -0.05) is 54.6 Å². The molecular weight excluding hydrogens is 453 g/mol. The van der Waals surface area contributed by atoms with Crippen LogP contribution in [0.5, 0.6) is 0 Å². The number of hydrogen-bond donors (Lipinski definition) is 3. The topological polar surface area (TPSA) is 114 Å². The van der Waals surface area contributed by atoms with Crippen LogP contribution >= 0.6 is 11.3 Å². The van der Waals surface area contributed by atoms with Gasteiger partial charge in [0, 0.05) is 23.5 Å². The van der Waals surface area contributed by atoms with E-state index < -0.39 is 18.3 Å². The van der Waals surface area contributed by atoms with Gasteiger partial charge in [0.1, 0.15) is 12.2 Å². The Kier molecular flexibility index (Phi) is 7.23. The Morgan fingerprint density at radius 1 is 1.15 bits per heavy atom. The quantitative estimate of drug-likeness (QED) is 0.480. The van der Waals surface area contributed by atoms with E-state index in [1.807, 2.05) is 61.5 Å². The Morgan fingerprint density at radius 2 is 1.79 bits per heavy atom. The molecule has 0 radical (unpaired) electrons. The SMILES string of the molecule is CC(N)c1ccc([C@@H](NC(=O)[C@@H]2C[C@@H](F)CN2C(=O)Cc2cnc(N)s2)c2ccccc2)cc1. The predicted molar refractivity (Wildman–Crippen MR) is 131 cm³/mol. The van der Waals surface area contributed by atoms with Crippen molar-refractivity contribution in [2.24, 2.45) is 5.73 Å². The molecule has 178 valence electrons. The third-order valence-corrected chi connectivity index (χ3v) is 6.81. The zero-order valence-electron chi connectivity index (χ0n) is 18.9. The minimum Gasteiger partial charge on any atom is -0.375 e. The number of hydrogen-bond acceptors (Lipinski definition) is 6. The number of nitrogens with zero attached hydrogens (tertiary/aromatic N) is 2. The minimum absolute atomic E-state index is 0.0339. The van der Waals surface area contributed by atoms with Crippen LogP contribution in [-0.4, -0.2) is 40.5 Å². The predicted octanol–water partition coefficient (Wildman–Crippen LogP) is 3.13. The second kappa shape index (κ2) is 10.3. The molecule has 34 heavy (non-hydrogen) atoms. The Hall–Kier alpha value is -3.30. The molecule has 0 spiro atoms. The molecule has 2 amide bonds. The van der Waals surface area contributed by atoms with E-state index >= 15 is 0 Å². The largest absolute Gasteiger partial charge is 0.375 e. The summed E-state index contributed by atoms with van der Waals surface area (Å²) in [5, 5.41) is 3.42. The lowest BCUT2D eigenvalue weighted by atomic mass is 9.96. The van der Waals surface area contributed by atoms with E-state index in [4.69, 9.17) is 11.5 Å². The maximum absolute atomic E-state index is 14.4. The average Bonchev–Trinajstić information content (AvgIpc) is 3.43. The molecule has 4 rings (SSSR count). The second-order valence-corrected chi connectivity index (χ2v) is 9.69. The summed E-state index contributed by atoms with van der Waals surface area (Å²) in [6.45, 7) is 1.80. The number of thiazole rings is 1. The van der Waals surface area contributed by atoms with Crippen molar-refractivity contribution in [3.8, 4) is 0 Å². The van der Waals surface area contributed by atoms with Gasteiger partial charge in [0.05, 0.1) is 19.0 Å². The van der Waals surface area contributed by atoms with Crippen molar-refractivity contribution in [1.82, 2.24) is 15.2 Å². The number of benzene rings is 2. The Balaban J connectivity index is 1.55. The molecule has 1 saturated heterocycles. The molecule has 4 atom stereocenters. The highest BCUT2D eigenvalue weighted by atomic mass is 32.1. The Labute approximate surface area is 202 Å². The van der Waals surface area contributed by atoms with Crippen LogP contribution < -0.4 is 16.8 Å². The summed E-state index contributed by atoms with van der Waals surface area (Å²) in [7, 11) is 0. The van der Waals surface area contributed by atoms with Gasteiger partial charge in [-0.05, 0) is 23.6 Å². The van der Waals surface area contributed by atoms with Crippen LogP contribution in [0, 0.1) is 0 Å². The smallest absolute Gasteiger partial charge is 0.243 e. The van der Waals surface area contributed by atoms with Gasteiger partial charge in [-0.15, -0.1) is 11.3 Å². The number of carbonyl (C=O) groups is 2. The Morgan fingerprint density at radius 3 is 2.41 bits per heavy atom. The molecule has 0 bridgehead atoms. The van der Waals surface area contributed by atoms with E-state index in [0.717, 1.165) is 16.7 Å². The molecule has 1 aliphatic heterocycles. The lowest BCUT2D eigenvalue weighted by Gasteiger charge is -2.27. The van der Waals surface area contributed by atoms with Gasteiger partial charge in [0.15, 0.2) is 5.13 Å². The Bertz CT molecular complexity index is 1140. The number of aromatic nitrogens is 1. The number of likely N-dealkylation sites (tertiary alicyclic amines) is 1. The molecule has 5 N–H and O–H groups in total. The summed E-state index contributed by atoms with van der Waals surface area (Å²) in [6, 6.07) is 15.8. The highest BCUT2D eigenvalue weighted by Crippen LogP contribution is 2.27. The molecule has 7 nitrogen and oxygen atoms in total. The van der Waals surface area contributed by atoms with Crippen molar-refractivity contribution in [2.45, 2.75) is 44.1 Å². The maximum Gasteiger partial charge on any atom is 0.243 e. The van der Waals surface area contributed by atoms with Crippen molar-refractivity contribution in [3.63, 3.8) is 0 Å². The maximum atomic E-state index is 14.4. The van der Waals surface area contributed by atoms with E-state index in [2.05, 4.69) is 10.3 Å². The molecule has 0 aliphatic carbocycles. The lowest BCUT2D eigenvalue weighted by Crippen LogP contribution is -2.47. The number of anilines is 1. The van der Waals surface area contributed by atoms with Gasteiger partial charge < -0.3 is 21.7 Å². The first-order chi connectivity index (χ1) is 16.3. The molecule has 1 aromatic heterocycles. The van der Waals surface area contributed by atoms with Crippen LogP contribution in [0.15, 0.2) is 60.8 Å². The first-order valence-corrected chi connectivity index (χ1v) is 12.0. The van der Waals surface area contributed by atoms with Gasteiger partial charge in [0.2, 0.25) is 11.8 Å². The van der Waals surface area contributed by atoms with Gasteiger partial charge in [-0.3, -0.25) is 9.59 Å². The summed E-state index contributed by atoms with van der Waals surface area (Å²) in [5.74, 6) is -0.705. The number of amides is 2. The average molecular weight is 482 g/mol. The first-order valence-electron chi connectivity index (χ1n) is 11.2. The van der Waals surface area contributed by atoms with Crippen LogP contribution in [0.4, 0.5) is 9.52 Å². The van der Waals surface area contributed by atoms with E-state index in [1.54, 1.807) is 0 Å². The van der Waals surface area contributed by atoms with Crippen LogP contribution in [0.3, 0.4) is 0 Å². The van der Waals surface area contributed by atoms with E-state index in [1.165, 1.54) is 22.4 Å². The summed E-state index contributed by atoms with van der Waals surface area (Å²) >= 11 is 1.21. The number of alkyl halides is 1. The van der Waals surface area contributed by atoms with Gasteiger partial charge in [0.25, 0.3) is 0 Å². The number of carbonyl (C=O) groups excluding carboxylic acids is 2. The summed E-state index contributed by atoms with van der Waals surface area (Å²) in [4.78, 5) is 32.3. The normalized spacial score (nSPS) is 19.6. The third kappa shape index (κ3) is 5.43. The van der Waals surface area contributed by atoms with Crippen molar-refractivity contribution in [1.29, 1.82) is 0 Å². The van der Waals surface area contributed by atoms with Gasteiger partial charge in [-0.25, -0.2) is 9.37 Å². The summed E-state index contributed by atoms with van der Waals surface area (Å²) < 4.78 is 14.4. The van der Waals surface area contributed by atoms with Gasteiger partial charge in [-0.2, -0.15) is 0 Å². The zero-order chi connectivity index (χ0) is 24.2. The zero-order valence-corrected chi connectivity index (χ0v) is 19.7. The summed E-state index contributed by atoms with van der Waals surface area (Å²) in [5.41, 5.74) is 14.4. The molecule has 2 heterocycles. The van der Waals surface area contributed by atoms with E-state index in [-0.39, 0.29) is 37.2 Å². The van der Waals surface area contributed by atoms with Crippen molar-refractivity contribution in [2.75, 3.05) is 12.3 Å². The second-order valence-electron chi connectivity index (χ2n) is 8.54. The van der Waals surface area contributed by atoms with Crippen molar-refractivity contribution < 1.29 is 14.0 Å². The minimum atomic E-state index is -1.26. The fraction of sp³-hybridized carbons (Fsp3) is 0.320. The molecule has 1 fully saturated rings. The standard InChI is InChI=1S/C25H28FN5O2S/c1-15(27)16-7-9-18(10-8-16)23(17-5-3-2-4-6-17)30-24(33)21-11-19(26)14-31(21)22(32)12-20-13-29-25(28)34-20/h2-10,13,15,19,21,23H,11-12,14,27H2,1H3,(H2,28,29)(H,30,33)/t15?,19-,21+,23+/m1/s1. The van der Waals surface area contributed by atoms with E-state index in [9.17, 15) is 14.0 Å². The fourth-order valence-corrected chi connectivity index (χ4v) is 4.87. The van der Waals surface area contributed by atoms with E-state index in [0.29, 0.717) is 10.0 Å². The number of nitrogens with two attached hydrogens (primary N) is 2. The lowest BCUT2D eigenvalue weighted by molar-refractivity contribution is -0.138. The number of halogens is 1. The third-order valence-electron chi connectivity index (χ3n) is 5.99.